The third-order valence-electron chi connectivity index (χ3n) is 5.28. The van der Waals surface area contributed by atoms with E-state index >= 15 is 0 Å². The maximum atomic E-state index is 12.6. The van der Waals surface area contributed by atoms with Crippen LogP contribution in [0.1, 0.15) is 0 Å². The molecule has 176 valence electrons. The molecule has 1 aromatic heterocycles. The van der Waals surface area contributed by atoms with Gasteiger partial charge in [-0.15, -0.1) is 0 Å². The zero-order chi connectivity index (χ0) is 24.0. The normalized spacial score (nSPS) is 25.3. The average Bonchev–Trinajstić information content (AvgIpc) is 2.79. The van der Waals surface area contributed by atoms with Crippen molar-refractivity contribution in [2.75, 3.05) is 6.61 Å². The third kappa shape index (κ3) is 3.90. The topological polar surface area (TPSA) is 211 Å². The second kappa shape index (κ2) is 8.42. The summed E-state index contributed by atoms with van der Waals surface area (Å²) < 4.78 is 16.2. The molecule has 5 atom stereocenters. The first-order valence-corrected chi connectivity index (χ1v) is 9.64. The van der Waals surface area contributed by atoms with Crippen molar-refractivity contribution in [3.05, 3.63) is 40.6 Å². The molecule has 0 aliphatic carbocycles. The van der Waals surface area contributed by atoms with Crippen LogP contribution in [0.25, 0.3) is 22.3 Å². The van der Waals surface area contributed by atoms with Crippen LogP contribution < -0.4 is 10.2 Å². The van der Waals surface area contributed by atoms with Crippen LogP contribution in [0.4, 0.5) is 0 Å². The summed E-state index contributed by atoms with van der Waals surface area (Å²) in [5.41, 5.74) is -1.02. The van der Waals surface area contributed by atoms with E-state index in [9.17, 15) is 45.6 Å². The van der Waals surface area contributed by atoms with E-state index in [1.54, 1.807) is 0 Å². The van der Waals surface area contributed by atoms with E-state index in [1.165, 1.54) is 6.07 Å². The Bertz CT molecular complexity index is 1250. The quantitative estimate of drug-likeness (QED) is 0.229. The fourth-order valence-electron chi connectivity index (χ4n) is 3.45. The predicted octanol–water partition coefficient (Wildman–Crippen LogP) is -0.539. The molecule has 0 saturated carbocycles. The van der Waals surface area contributed by atoms with Crippen LogP contribution in [0, 0.1) is 0 Å². The number of benzene rings is 2. The van der Waals surface area contributed by atoms with Crippen LogP contribution in [-0.4, -0.2) is 78.2 Å². The van der Waals surface area contributed by atoms with Crippen molar-refractivity contribution in [2.24, 2.45) is 0 Å². The molecule has 0 unspecified atom stereocenters. The van der Waals surface area contributed by atoms with E-state index < -0.39 is 65.7 Å². The zero-order valence-corrected chi connectivity index (χ0v) is 16.7. The largest absolute Gasteiger partial charge is 0.504 e. The van der Waals surface area contributed by atoms with Crippen LogP contribution in [0.15, 0.2) is 39.5 Å². The fraction of sp³-hybridized carbons (Fsp3) is 0.286. The average molecular weight is 464 g/mol. The predicted molar refractivity (Wildman–Crippen MR) is 109 cm³/mol. The van der Waals surface area contributed by atoms with Crippen LogP contribution in [-0.2, 0) is 4.74 Å². The van der Waals surface area contributed by atoms with Crippen LogP contribution in [0.2, 0.25) is 0 Å². The molecular weight excluding hydrogens is 444 g/mol. The number of phenols is 3. The highest BCUT2D eigenvalue weighted by molar-refractivity contribution is 5.85. The molecule has 1 saturated heterocycles. The van der Waals surface area contributed by atoms with E-state index in [0.29, 0.717) is 0 Å². The molecule has 1 aliphatic heterocycles. The Morgan fingerprint density at radius 3 is 2.27 bits per heavy atom. The molecule has 1 fully saturated rings. The monoisotopic (exact) mass is 464 g/mol. The third-order valence-corrected chi connectivity index (χ3v) is 5.28. The summed E-state index contributed by atoms with van der Waals surface area (Å²) in [6.07, 6.45) is -7.94. The highest BCUT2D eigenvalue weighted by atomic mass is 16.7. The lowest BCUT2D eigenvalue weighted by atomic mass is 9.99. The van der Waals surface area contributed by atoms with Gasteiger partial charge in [0.25, 0.3) is 0 Å². The highest BCUT2D eigenvalue weighted by Gasteiger charge is 2.45. The van der Waals surface area contributed by atoms with Crippen LogP contribution >= 0.6 is 0 Å². The minimum Gasteiger partial charge on any atom is -0.504 e. The van der Waals surface area contributed by atoms with Gasteiger partial charge >= 0.3 is 0 Å². The minimum atomic E-state index is -1.75. The maximum Gasteiger partial charge on any atom is 0.235 e. The second-order valence-corrected chi connectivity index (χ2v) is 7.44. The smallest absolute Gasteiger partial charge is 0.235 e. The van der Waals surface area contributed by atoms with Gasteiger partial charge in [-0.3, -0.25) is 4.79 Å². The number of aliphatic hydroxyl groups excluding tert-OH is 4. The minimum absolute atomic E-state index is 0.0614. The Morgan fingerprint density at radius 2 is 1.61 bits per heavy atom. The van der Waals surface area contributed by atoms with E-state index in [2.05, 4.69) is 0 Å². The molecule has 4 rings (SSSR count). The molecule has 0 radical (unpaired) electrons. The Morgan fingerprint density at radius 1 is 0.879 bits per heavy atom. The van der Waals surface area contributed by atoms with Gasteiger partial charge in [0, 0.05) is 11.6 Å². The van der Waals surface area contributed by atoms with Crippen molar-refractivity contribution in [1.82, 2.24) is 0 Å². The molecule has 0 bridgehead atoms. The molecule has 12 heteroatoms. The van der Waals surface area contributed by atoms with Crippen molar-refractivity contribution >= 4 is 11.0 Å². The molecule has 0 spiro atoms. The first-order valence-electron chi connectivity index (χ1n) is 9.64. The Kier molecular flexibility index (Phi) is 5.78. The molecule has 33 heavy (non-hydrogen) atoms. The maximum absolute atomic E-state index is 12.6. The van der Waals surface area contributed by atoms with Crippen molar-refractivity contribution in [3.63, 3.8) is 0 Å². The Hall–Kier alpha value is -3.55. The molecule has 8 N–H and O–H groups in total. The lowest BCUT2D eigenvalue weighted by molar-refractivity contribution is -0.277. The number of ether oxygens (including phenoxy) is 2. The molecule has 2 aromatic carbocycles. The summed E-state index contributed by atoms with van der Waals surface area (Å²) in [7, 11) is 0. The SMILES string of the molecule is O=c1c(O)c(-c2ccc(O)c(O)c2)oc2cc(O[C@@H]3O[C@H](CO)[C@@H](O)[C@H](O)[C@H]3O)c(O)cc12. The number of hydrogen-bond acceptors (Lipinski definition) is 12. The fourth-order valence-corrected chi connectivity index (χ4v) is 3.45. The van der Waals surface area contributed by atoms with Gasteiger partial charge in [-0.1, -0.05) is 0 Å². The number of phenolic OH excluding ortho intramolecular Hbond substituents is 3. The first-order chi connectivity index (χ1) is 15.6. The molecule has 2 heterocycles. The number of aliphatic hydroxyl groups is 4. The van der Waals surface area contributed by atoms with E-state index in [-0.39, 0.29) is 28.0 Å². The standard InChI is InChI=1S/C21H20O12/c22-6-14-16(27)17(28)19(30)21(33-14)32-13-5-12-8(4-11(13)25)15(26)18(29)20(31-12)7-1-2-9(23)10(24)3-7/h1-5,14,16-17,19,21-25,27-30H,6H2/t14-,16-,17+,19-,21-/m1/s1. The van der Waals surface area contributed by atoms with Crippen molar-refractivity contribution in [2.45, 2.75) is 30.7 Å². The van der Waals surface area contributed by atoms with E-state index in [0.717, 1.165) is 24.3 Å². The zero-order valence-electron chi connectivity index (χ0n) is 16.7. The van der Waals surface area contributed by atoms with Gasteiger partial charge in [0.2, 0.25) is 17.5 Å². The van der Waals surface area contributed by atoms with Gasteiger partial charge in [0.15, 0.2) is 28.8 Å². The number of fused-ring (bicyclic) bond motifs is 1. The molecule has 12 nitrogen and oxygen atoms in total. The lowest BCUT2D eigenvalue weighted by Gasteiger charge is -2.39. The summed E-state index contributed by atoms with van der Waals surface area (Å²) in [5.74, 6) is -3.04. The Labute approximate surface area is 184 Å². The second-order valence-electron chi connectivity index (χ2n) is 7.44. The number of aromatic hydroxyl groups is 4. The summed E-state index contributed by atoms with van der Waals surface area (Å²) in [5, 5.41) is 78.7. The Balaban J connectivity index is 1.76. The summed E-state index contributed by atoms with van der Waals surface area (Å²) in [6.45, 7) is -0.689. The number of hydrogen-bond donors (Lipinski definition) is 8. The molecule has 0 amide bonds. The van der Waals surface area contributed by atoms with Crippen molar-refractivity contribution < 1.29 is 54.7 Å². The highest BCUT2D eigenvalue weighted by Crippen LogP contribution is 2.38. The van der Waals surface area contributed by atoms with Gasteiger partial charge in [0.1, 0.15) is 30.0 Å². The van der Waals surface area contributed by atoms with Crippen LogP contribution in [0.3, 0.4) is 0 Å². The van der Waals surface area contributed by atoms with Crippen molar-refractivity contribution in [3.8, 4) is 40.1 Å². The molecule has 1 aliphatic rings. The summed E-state index contributed by atoms with van der Waals surface area (Å²) in [4.78, 5) is 12.6. The van der Waals surface area contributed by atoms with Crippen LogP contribution in [0.5, 0.6) is 28.7 Å². The van der Waals surface area contributed by atoms with E-state index in [1.807, 2.05) is 0 Å². The van der Waals surface area contributed by atoms with Gasteiger partial charge < -0.3 is 54.7 Å². The van der Waals surface area contributed by atoms with E-state index in [4.69, 9.17) is 13.9 Å². The molecular formula is C21H20O12. The van der Waals surface area contributed by atoms with Gasteiger partial charge in [-0.25, -0.2) is 0 Å². The number of rotatable bonds is 4. The van der Waals surface area contributed by atoms with Gasteiger partial charge in [-0.2, -0.15) is 0 Å². The molecule has 3 aromatic rings. The van der Waals surface area contributed by atoms with Crippen molar-refractivity contribution in [1.29, 1.82) is 0 Å². The first kappa shape index (κ1) is 22.6. The summed E-state index contributed by atoms with van der Waals surface area (Å²) in [6, 6.07) is 5.48. The van der Waals surface area contributed by atoms with Gasteiger partial charge in [-0.05, 0) is 24.3 Å². The van der Waals surface area contributed by atoms with Gasteiger partial charge in [0.05, 0.1) is 12.0 Å². The summed E-state index contributed by atoms with van der Waals surface area (Å²) >= 11 is 0. The lowest BCUT2D eigenvalue weighted by Crippen LogP contribution is -2.60.